The molecule has 27 heavy (non-hydrogen) atoms. The minimum absolute atomic E-state index is 0.0738. The molecule has 2 fully saturated rings. The van der Waals surface area contributed by atoms with E-state index in [9.17, 15) is 9.59 Å². The number of nitrogens with one attached hydrogen (secondary N) is 1. The molecule has 2 heterocycles. The van der Waals surface area contributed by atoms with E-state index in [0.717, 1.165) is 44.2 Å². The van der Waals surface area contributed by atoms with Crippen LogP contribution in [-0.4, -0.2) is 35.8 Å². The maximum Gasteiger partial charge on any atom is 0.287 e. The number of likely N-dealkylation sites (tertiary alicyclic amines) is 1. The van der Waals surface area contributed by atoms with E-state index in [1.165, 1.54) is 19.3 Å². The van der Waals surface area contributed by atoms with Gasteiger partial charge in [0.2, 0.25) is 5.91 Å². The van der Waals surface area contributed by atoms with Crippen LogP contribution in [0.4, 0.5) is 0 Å². The van der Waals surface area contributed by atoms with E-state index in [4.69, 9.17) is 16.0 Å². The minimum atomic E-state index is -0.209. The molecule has 5 nitrogen and oxygen atoms in total. The van der Waals surface area contributed by atoms with Crippen LogP contribution < -0.4 is 5.32 Å². The molecule has 1 N–H and O–H groups in total. The summed E-state index contributed by atoms with van der Waals surface area (Å²) < 4.78 is 5.63. The van der Waals surface area contributed by atoms with Gasteiger partial charge in [-0.25, -0.2) is 0 Å². The monoisotopic (exact) mass is 388 g/mol. The van der Waals surface area contributed by atoms with E-state index < -0.39 is 0 Å². The quantitative estimate of drug-likeness (QED) is 0.848. The molecule has 2 aliphatic rings. The third-order valence-electron chi connectivity index (χ3n) is 5.80. The summed E-state index contributed by atoms with van der Waals surface area (Å²) in [5.74, 6) is 0.619. The van der Waals surface area contributed by atoms with E-state index in [0.29, 0.717) is 22.3 Å². The SMILES string of the molecule is O=C(NC1CCN(C(=O)C2CCCCC2)CC1)c1cc2cc(Cl)ccc2o1. The number of rotatable bonds is 3. The summed E-state index contributed by atoms with van der Waals surface area (Å²) in [5, 5.41) is 4.48. The van der Waals surface area contributed by atoms with Crippen LogP contribution in [0.1, 0.15) is 55.5 Å². The largest absolute Gasteiger partial charge is 0.451 e. The zero-order valence-electron chi connectivity index (χ0n) is 15.4. The third kappa shape index (κ3) is 4.13. The maximum atomic E-state index is 12.6. The Labute approximate surface area is 164 Å². The molecule has 1 saturated heterocycles. The third-order valence-corrected chi connectivity index (χ3v) is 6.03. The Morgan fingerprint density at radius 3 is 2.52 bits per heavy atom. The number of nitrogens with zero attached hydrogens (tertiary/aromatic N) is 1. The lowest BCUT2D eigenvalue weighted by Gasteiger charge is -2.35. The number of fused-ring (bicyclic) bond motifs is 1. The molecule has 0 atom stereocenters. The molecule has 4 rings (SSSR count). The molecule has 0 unspecified atom stereocenters. The van der Waals surface area contributed by atoms with Crippen molar-refractivity contribution in [2.45, 2.75) is 51.0 Å². The lowest BCUT2D eigenvalue weighted by molar-refractivity contribution is -0.137. The number of hydrogen-bond acceptors (Lipinski definition) is 3. The smallest absolute Gasteiger partial charge is 0.287 e. The van der Waals surface area contributed by atoms with Gasteiger partial charge >= 0.3 is 0 Å². The second-order valence-corrected chi connectivity index (χ2v) is 8.14. The predicted octanol–water partition coefficient (Wildman–Crippen LogP) is 4.39. The molecule has 0 spiro atoms. The van der Waals surface area contributed by atoms with Gasteiger partial charge in [0, 0.05) is 35.5 Å². The van der Waals surface area contributed by atoms with Crippen LogP contribution >= 0.6 is 11.6 Å². The molecule has 2 amide bonds. The number of furan rings is 1. The van der Waals surface area contributed by atoms with Crippen molar-refractivity contribution in [1.82, 2.24) is 10.2 Å². The van der Waals surface area contributed by atoms with Gasteiger partial charge in [-0.05, 0) is 49.9 Å². The standard InChI is InChI=1S/C21H25ClN2O3/c22-16-6-7-18-15(12-16)13-19(27-18)20(25)23-17-8-10-24(11-9-17)21(26)14-4-2-1-3-5-14/h6-7,12-14,17H,1-5,8-11H2,(H,23,25). The van der Waals surface area contributed by atoms with Gasteiger partial charge in [0.05, 0.1) is 0 Å². The molecule has 144 valence electrons. The highest BCUT2D eigenvalue weighted by Gasteiger charge is 2.30. The van der Waals surface area contributed by atoms with Crippen LogP contribution in [0.5, 0.6) is 0 Å². The van der Waals surface area contributed by atoms with Crippen LogP contribution in [0.15, 0.2) is 28.7 Å². The lowest BCUT2D eigenvalue weighted by Crippen LogP contribution is -2.48. The fraction of sp³-hybridized carbons (Fsp3) is 0.524. The van der Waals surface area contributed by atoms with E-state index in [1.54, 1.807) is 24.3 Å². The van der Waals surface area contributed by atoms with Crippen molar-refractivity contribution in [3.05, 3.63) is 35.0 Å². The number of amides is 2. The summed E-state index contributed by atoms with van der Waals surface area (Å²) in [5.41, 5.74) is 0.650. The molecule has 1 saturated carbocycles. The molecule has 1 aromatic heterocycles. The van der Waals surface area contributed by atoms with Gasteiger partial charge < -0.3 is 14.6 Å². The van der Waals surface area contributed by atoms with E-state index in [1.807, 2.05) is 4.90 Å². The van der Waals surface area contributed by atoms with E-state index in [2.05, 4.69) is 5.32 Å². The molecule has 1 aromatic carbocycles. The average molecular weight is 389 g/mol. The number of piperidine rings is 1. The maximum absolute atomic E-state index is 12.6. The first-order valence-corrected chi connectivity index (χ1v) is 10.3. The van der Waals surface area contributed by atoms with Crippen LogP contribution in [0.25, 0.3) is 11.0 Å². The summed E-state index contributed by atoms with van der Waals surface area (Å²) in [6, 6.07) is 7.09. The first-order valence-electron chi connectivity index (χ1n) is 9.89. The van der Waals surface area contributed by atoms with Crippen molar-refractivity contribution in [3.8, 4) is 0 Å². The van der Waals surface area contributed by atoms with Gasteiger partial charge in [-0.15, -0.1) is 0 Å². The molecule has 1 aliphatic carbocycles. The molecule has 6 heteroatoms. The van der Waals surface area contributed by atoms with Crippen molar-refractivity contribution >= 4 is 34.4 Å². The van der Waals surface area contributed by atoms with Crippen LogP contribution in [0, 0.1) is 5.92 Å². The highest BCUT2D eigenvalue weighted by Crippen LogP contribution is 2.27. The molecular formula is C21H25ClN2O3. The summed E-state index contributed by atoms with van der Waals surface area (Å²) in [4.78, 5) is 27.1. The zero-order chi connectivity index (χ0) is 18.8. The fourth-order valence-electron chi connectivity index (χ4n) is 4.23. The van der Waals surface area contributed by atoms with E-state index >= 15 is 0 Å². The van der Waals surface area contributed by atoms with Crippen molar-refractivity contribution in [2.75, 3.05) is 13.1 Å². The van der Waals surface area contributed by atoms with Gasteiger partial charge in [0.15, 0.2) is 5.76 Å². The minimum Gasteiger partial charge on any atom is -0.451 e. The Morgan fingerprint density at radius 2 is 1.78 bits per heavy atom. The molecular weight excluding hydrogens is 364 g/mol. The molecule has 0 radical (unpaired) electrons. The summed E-state index contributed by atoms with van der Waals surface area (Å²) >= 11 is 5.98. The van der Waals surface area contributed by atoms with E-state index in [-0.39, 0.29) is 17.9 Å². The Hall–Kier alpha value is -2.01. The van der Waals surface area contributed by atoms with Crippen molar-refractivity contribution in [1.29, 1.82) is 0 Å². The van der Waals surface area contributed by atoms with Crippen molar-refractivity contribution < 1.29 is 14.0 Å². The first kappa shape index (κ1) is 18.4. The van der Waals surface area contributed by atoms with Gasteiger partial charge in [0.1, 0.15) is 5.58 Å². The normalized spacial score (nSPS) is 19.4. The molecule has 1 aliphatic heterocycles. The fourth-order valence-corrected chi connectivity index (χ4v) is 4.42. The Bertz CT molecular complexity index is 833. The van der Waals surface area contributed by atoms with Gasteiger partial charge in [0.25, 0.3) is 5.91 Å². The van der Waals surface area contributed by atoms with Crippen LogP contribution in [0.2, 0.25) is 5.02 Å². The second kappa shape index (κ2) is 7.93. The highest BCUT2D eigenvalue weighted by molar-refractivity contribution is 6.31. The average Bonchev–Trinajstić information content (AvgIpc) is 3.12. The topological polar surface area (TPSA) is 62.6 Å². The predicted molar refractivity (Wildman–Crippen MR) is 105 cm³/mol. The summed E-state index contributed by atoms with van der Waals surface area (Å²) in [7, 11) is 0. The first-order chi connectivity index (χ1) is 13.1. The lowest BCUT2D eigenvalue weighted by atomic mass is 9.87. The Morgan fingerprint density at radius 1 is 1.04 bits per heavy atom. The Balaban J connectivity index is 1.31. The number of hydrogen-bond donors (Lipinski definition) is 1. The molecule has 0 bridgehead atoms. The van der Waals surface area contributed by atoms with Crippen molar-refractivity contribution in [2.24, 2.45) is 5.92 Å². The number of carbonyl (C=O) groups is 2. The van der Waals surface area contributed by atoms with Gasteiger partial charge in [-0.3, -0.25) is 9.59 Å². The zero-order valence-corrected chi connectivity index (χ0v) is 16.1. The number of carbonyl (C=O) groups excluding carboxylic acids is 2. The highest BCUT2D eigenvalue weighted by atomic mass is 35.5. The number of halogens is 1. The molecule has 2 aromatic rings. The summed E-state index contributed by atoms with van der Waals surface area (Å²) in [6.07, 6.45) is 7.24. The van der Waals surface area contributed by atoms with Gasteiger partial charge in [-0.2, -0.15) is 0 Å². The van der Waals surface area contributed by atoms with Gasteiger partial charge in [-0.1, -0.05) is 30.9 Å². The number of benzene rings is 1. The van der Waals surface area contributed by atoms with Crippen molar-refractivity contribution in [3.63, 3.8) is 0 Å². The second-order valence-electron chi connectivity index (χ2n) is 7.70. The Kier molecular flexibility index (Phi) is 5.39. The van der Waals surface area contributed by atoms with Crippen LogP contribution in [0.3, 0.4) is 0 Å². The summed E-state index contributed by atoms with van der Waals surface area (Å²) in [6.45, 7) is 1.44. The van der Waals surface area contributed by atoms with Crippen LogP contribution in [-0.2, 0) is 4.79 Å².